The van der Waals surface area contributed by atoms with Crippen LogP contribution in [0.15, 0.2) is 18.2 Å². The molecule has 0 bridgehead atoms. The standard InChI is InChI=1S/C20H26ClF4NO5/c1-2-14(31-20(23,24)25)5-6-28-7-8-29-16-9-13(10-16)26-19(27)12-30-15-3-4-17(21)18(22)11-15/h3-4,11,13-14,16H,2,5-10,12H2,1H3,(H,26,27)/t13?,14-,16?/m0/s1. The summed E-state index contributed by atoms with van der Waals surface area (Å²) in [6.45, 7) is 2.11. The molecule has 1 fully saturated rings. The molecule has 1 saturated carbocycles. The van der Waals surface area contributed by atoms with Gasteiger partial charge in [-0.3, -0.25) is 9.53 Å². The van der Waals surface area contributed by atoms with Crippen LogP contribution in [0, 0.1) is 5.82 Å². The van der Waals surface area contributed by atoms with E-state index in [1.807, 2.05) is 0 Å². The van der Waals surface area contributed by atoms with Gasteiger partial charge in [0.05, 0.1) is 30.4 Å². The Morgan fingerprint density at radius 3 is 2.65 bits per heavy atom. The zero-order chi connectivity index (χ0) is 22.9. The van der Waals surface area contributed by atoms with Crippen LogP contribution >= 0.6 is 11.6 Å². The molecular formula is C20H26ClF4NO5. The Balaban J connectivity index is 1.48. The number of nitrogens with one attached hydrogen (secondary N) is 1. The first-order chi connectivity index (χ1) is 14.7. The molecular weight excluding hydrogens is 446 g/mol. The van der Waals surface area contributed by atoms with Gasteiger partial charge in [0.2, 0.25) is 0 Å². The summed E-state index contributed by atoms with van der Waals surface area (Å²) in [5.41, 5.74) is 0. The normalized spacial score (nSPS) is 19.5. The summed E-state index contributed by atoms with van der Waals surface area (Å²) < 4.78 is 69.9. The first-order valence-corrected chi connectivity index (χ1v) is 10.3. The van der Waals surface area contributed by atoms with Crippen molar-refractivity contribution < 1.29 is 41.3 Å². The Kier molecular flexibility index (Phi) is 10.3. The lowest BCUT2D eigenvalue weighted by molar-refractivity contribution is -0.344. The van der Waals surface area contributed by atoms with E-state index in [1.165, 1.54) is 12.1 Å². The highest BCUT2D eigenvalue weighted by molar-refractivity contribution is 6.30. The molecule has 0 unspecified atom stereocenters. The molecule has 0 radical (unpaired) electrons. The number of carbonyl (C=O) groups excluding carboxylic acids is 1. The molecule has 1 N–H and O–H groups in total. The number of carbonyl (C=O) groups is 1. The molecule has 2 rings (SSSR count). The molecule has 1 aromatic carbocycles. The molecule has 0 heterocycles. The number of hydrogen-bond acceptors (Lipinski definition) is 5. The summed E-state index contributed by atoms with van der Waals surface area (Å²) in [6.07, 6.45) is -3.90. The maximum Gasteiger partial charge on any atom is 0.522 e. The fourth-order valence-corrected chi connectivity index (χ4v) is 3.05. The number of amides is 1. The van der Waals surface area contributed by atoms with Crippen LogP contribution in [0.25, 0.3) is 0 Å². The summed E-state index contributed by atoms with van der Waals surface area (Å²) in [5.74, 6) is -0.738. The van der Waals surface area contributed by atoms with Crippen LogP contribution < -0.4 is 10.1 Å². The molecule has 31 heavy (non-hydrogen) atoms. The van der Waals surface area contributed by atoms with Gasteiger partial charge in [-0.05, 0) is 37.8 Å². The van der Waals surface area contributed by atoms with Gasteiger partial charge < -0.3 is 19.5 Å². The van der Waals surface area contributed by atoms with Gasteiger partial charge in [-0.25, -0.2) is 4.39 Å². The molecule has 6 nitrogen and oxygen atoms in total. The van der Waals surface area contributed by atoms with E-state index in [1.54, 1.807) is 6.92 Å². The van der Waals surface area contributed by atoms with Gasteiger partial charge in [0.25, 0.3) is 5.91 Å². The third kappa shape index (κ3) is 10.0. The van der Waals surface area contributed by atoms with Crippen molar-refractivity contribution in [2.75, 3.05) is 26.4 Å². The fourth-order valence-electron chi connectivity index (χ4n) is 2.93. The highest BCUT2D eigenvalue weighted by atomic mass is 35.5. The Bertz CT molecular complexity index is 701. The van der Waals surface area contributed by atoms with Crippen molar-refractivity contribution in [3.63, 3.8) is 0 Å². The molecule has 0 spiro atoms. The monoisotopic (exact) mass is 471 g/mol. The largest absolute Gasteiger partial charge is 0.522 e. The van der Waals surface area contributed by atoms with Crippen molar-refractivity contribution in [2.45, 2.75) is 57.2 Å². The quantitative estimate of drug-likeness (QED) is 0.344. The second-order valence-electron chi connectivity index (χ2n) is 7.09. The molecule has 0 aromatic heterocycles. The van der Waals surface area contributed by atoms with E-state index >= 15 is 0 Å². The Morgan fingerprint density at radius 2 is 2.00 bits per heavy atom. The van der Waals surface area contributed by atoms with Crippen molar-refractivity contribution in [2.24, 2.45) is 0 Å². The van der Waals surface area contributed by atoms with Crippen molar-refractivity contribution in [1.29, 1.82) is 0 Å². The fraction of sp³-hybridized carbons (Fsp3) is 0.650. The van der Waals surface area contributed by atoms with Crippen LogP contribution in [0.1, 0.15) is 32.6 Å². The zero-order valence-electron chi connectivity index (χ0n) is 17.1. The second kappa shape index (κ2) is 12.4. The molecule has 1 aromatic rings. The summed E-state index contributed by atoms with van der Waals surface area (Å²) in [5, 5.41) is 2.77. The molecule has 1 atom stereocenters. The first kappa shape index (κ1) is 25.6. The van der Waals surface area contributed by atoms with Crippen molar-refractivity contribution >= 4 is 17.5 Å². The predicted octanol–water partition coefficient (Wildman–Crippen LogP) is 4.24. The molecule has 176 valence electrons. The first-order valence-electron chi connectivity index (χ1n) is 9.97. The summed E-state index contributed by atoms with van der Waals surface area (Å²) >= 11 is 5.58. The van der Waals surface area contributed by atoms with Crippen LogP contribution in [0.2, 0.25) is 5.02 Å². The SMILES string of the molecule is CC[C@@H](CCOCCOC1CC(NC(=O)COc2ccc(Cl)c(F)c2)C1)OC(F)(F)F. The van der Waals surface area contributed by atoms with E-state index < -0.39 is 18.3 Å². The molecule has 0 saturated heterocycles. The number of alkyl halides is 3. The molecule has 0 aliphatic heterocycles. The Morgan fingerprint density at radius 1 is 1.26 bits per heavy atom. The number of benzene rings is 1. The minimum Gasteiger partial charge on any atom is -0.484 e. The third-order valence-electron chi connectivity index (χ3n) is 4.64. The molecule has 11 heteroatoms. The van der Waals surface area contributed by atoms with Gasteiger partial charge in [0.15, 0.2) is 6.61 Å². The van der Waals surface area contributed by atoms with Crippen LogP contribution in [-0.4, -0.2) is 56.9 Å². The maximum atomic E-state index is 13.3. The second-order valence-corrected chi connectivity index (χ2v) is 7.50. The minimum atomic E-state index is -4.64. The van der Waals surface area contributed by atoms with Crippen LogP contribution in [-0.2, 0) is 19.0 Å². The van der Waals surface area contributed by atoms with Crippen LogP contribution in [0.4, 0.5) is 17.6 Å². The third-order valence-corrected chi connectivity index (χ3v) is 4.95. The highest BCUT2D eigenvalue weighted by Gasteiger charge is 2.33. The van der Waals surface area contributed by atoms with Gasteiger partial charge in [-0.15, -0.1) is 13.2 Å². The van der Waals surface area contributed by atoms with Gasteiger partial charge in [0, 0.05) is 18.7 Å². The number of halogens is 5. The van der Waals surface area contributed by atoms with Crippen LogP contribution in [0.3, 0.4) is 0 Å². The lowest BCUT2D eigenvalue weighted by atomic mass is 9.89. The van der Waals surface area contributed by atoms with Gasteiger partial charge in [0.1, 0.15) is 11.6 Å². The maximum absolute atomic E-state index is 13.3. The zero-order valence-corrected chi connectivity index (χ0v) is 17.8. The number of hydrogen-bond donors (Lipinski definition) is 1. The lowest BCUT2D eigenvalue weighted by Crippen LogP contribution is -2.49. The van der Waals surface area contributed by atoms with E-state index in [0.29, 0.717) is 19.4 Å². The predicted molar refractivity (Wildman–Crippen MR) is 104 cm³/mol. The van der Waals surface area contributed by atoms with E-state index in [2.05, 4.69) is 10.1 Å². The van der Waals surface area contributed by atoms with Crippen LogP contribution in [0.5, 0.6) is 5.75 Å². The van der Waals surface area contributed by atoms with Gasteiger partial charge in [-0.2, -0.15) is 0 Å². The Labute approximate surface area is 183 Å². The van der Waals surface area contributed by atoms with E-state index in [9.17, 15) is 22.4 Å². The number of rotatable bonds is 13. The van der Waals surface area contributed by atoms with E-state index in [4.69, 9.17) is 25.8 Å². The highest BCUT2D eigenvalue weighted by Crippen LogP contribution is 2.24. The lowest BCUT2D eigenvalue weighted by Gasteiger charge is -2.35. The molecule has 1 aliphatic rings. The van der Waals surface area contributed by atoms with E-state index in [-0.39, 0.29) is 61.5 Å². The smallest absolute Gasteiger partial charge is 0.484 e. The van der Waals surface area contributed by atoms with Crippen molar-refractivity contribution in [3.8, 4) is 5.75 Å². The topological polar surface area (TPSA) is 66.0 Å². The van der Waals surface area contributed by atoms with Gasteiger partial charge in [-0.1, -0.05) is 18.5 Å². The molecule has 1 amide bonds. The summed E-state index contributed by atoms with van der Waals surface area (Å²) in [4.78, 5) is 11.9. The number of ether oxygens (including phenoxy) is 4. The van der Waals surface area contributed by atoms with Gasteiger partial charge >= 0.3 is 6.36 Å². The minimum absolute atomic E-state index is 0.0165. The van der Waals surface area contributed by atoms with Crippen molar-refractivity contribution in [3.05, 3.63) is 29.0 Å². The average molecular weight is 472 g/mol. The summed E-state index contributed by atoms with van der Waals surface area (Å²) in [6, 6.07) is 3.89. The van der Waals surface area contributed by atoms with Crippen molar-refractivity contribution in [1.82, 2.24) is 5.32 Å². The average Bonchev–Trinajstić information content (AvgIpc) is 2.67. The molecule has 1 aliphatic carbocycles. The van der Waals surface area contributed by atoms with E-state index in [0.717, 1.165) is 6.07 Å². The Hall–Kier alpha value is -1.62. The summed E-state index contributed by atoms with van der Waals surface area (Å²) in [7, 11) is 0.